The zero-order chi connectivity index (χ0) is 21.4. The maximum atomic E-state index is 13.1. The first kappa shape index (κ1) is 20.2. The average molecular weight is 460 g/mol. The van der Waals surface area contributed by atoms with Crippen molar-refractivity contribution < 1.29 is 22.7 Å². The van der Waals surface area contributed by atoms with Crippen LogP contribution in [-0.4, -0.2) is 49.9 Å². The molecule has 1 fully saturated rings. The maximum Gasteiger partial charge on any atom is 0.243 e. The van der Waals surface area contributed by atoms with Gasteiger partial charge in [-0.1, -0.05) is 0 Å². The molecule has 0 unspecified atom stereocenters. The van der Waals surface area contributed by atoms with Crippen molar-refractivity contribution in [3.05, 3.63) is 41.9 Å². The molecule has 1 saturated heterocycles. The molecular weight excluding hydrogens is 438 g/mol. The summed E-state index contributed by atoms with van der Waals surface area (Å²) in [6.45, 7) is 1.43. The van der Waals surface area contributed by atoms with E-state index in [9.17, 15) is 13.2 Å². The topological polar surface area (TPSA) is 97.8 Å². The molecule has 31 heavy (non-hydrogen) atoms. The third-order valence-electron chi connectivity index (χ3n) is 5.57. The normalized spacial score (nSPS) is 17.5. The summed E-state index contributed by atoms with van der Waals surface area (Å²) in [5, 5.41) is 2.94. The van der Waals surface area contributed by atoms with Crippen molar-refractivity contribution in [3.63, 3.8) is 0 Å². The molecule has 0 aliphatic carbocycles. The van der Waals surface area contributed by atoms with Gasteiger partial charge in [0.1, 0.15) is 13.2 Å². The van der Waals surface area contributed by atoms with Gasteiger partial charge < -0.3 is 14.8 Å². The summed E-state index contributed by atoms with van der Waals surface area (Å²) in [6, 6.07) is 10.3. The van der Waals surface area contributed by atoms with Gasteiger partial charge in [0.25, 0.3) is 0 Å². The molecule has 2 aromatic carbocycles. The number of nitrogens with zero attached hydrogens (tertiary/aromatic N) is 2. The van der Waals surface area contributed by atoms with E-state index >= 15 is 0 Å². The minimum absolute atomic E-state index is 0.0917. The van der Waals surface area contributed by atoms with Gasteiger partial charge >= 0.3 is 0 Å². The Balaban J connectivity index is 1.23. The Hall–Kier alpha value is -2.69. The Morgan fingerprint density at radius 2 is 1.84 bits per heavy atom. The standard InChI is InChI=1S/C21H21N3O5S2/c25-21(23-15-1-4-20-17(11-15)22-13-30-20)14-5-7-24(8-6-14)31(26,27)16-2-3-18-19(12-16)29-10-9-28-18/h1-4,11-14H,5-10H2,(H,23,25). The van der Waals surface area contributed by atoms with E-state index in [-0.39, 0.29) is 16.7 Å². The number of piperidine rings is 1. The van der Waals surface area contributed by atoms with E-state index in [1.807, 2.05) is 18.2 Å². The van der Waals surface area contributed by atoms with Gasteiger partial charge in [0, 0.05) is 30.8 Å². The molecule has 0 spiro atoms. The van der Waals surface area contributed by atoms with Crippen LogP contribution < -0.4 is 14.8 Å². The van der Waals surface area contributed by atoms with Crippen molar-refractivity contribution >= 4 is 43.2 Å². The van der Waals surface area contributed by atoms with Crippen molar-refractivity contribution in [1.82, 2.24) is 9.29 Å². The van der Waals surface area contributed by atoms with Crippen LogP contribution in [-0.2, 0) is 14.8 Å². The first-order valence-corrected chi connectivity index (χ1v) is 12.4. The highest BCUT2D eigenvalue weighted by Crippen LogP contribution is 2.34. The summed E-state index contributed by atoms with van der Waals surface area (Å²) in [6.07, 6.45) is 0.934. The Kier molecular flexibility index (Phi) is 5.28. The molecule has 2 aliphatic heterocycles. The minimum Gasteiger partial charge on any atom is -0.486 e. The predicted molar refractivity (Wildman–Crippen MR) is 117 cm³/mol. The summed E-state index contributed by atoms with van der Waals surface area (Å²) in [7, 11) is -3.66. The number of thiazole rings is 1. The number of carbonyl (C=O) groups excluding carboxylic acids is 1. The molecule has 2 aliphatic rings. The molecule has 10 heteroatoms. The fraction of sp³-hybridized carbons (Fsp3) is 0.333. The van der Waals surface area contributed by atoms with E-state index in [1.165, 1.54) is 16.4 Å². The summed E-state index contributed by atoms with van der Waals surface area (Å²) in [4.78, 5) is 17.1. The number of carbonyl (C=O) groups is 1. The van der Waals surface area contributed by atoms with Crippen LogP contribution in [0.25, 0.3) is 10.2 Å². The summed E-state index contributed by atoms with van der Waals surface area (Å²) in [5.41, 5.74) is 3.33. The number of benzene rings is 2. The van der Waals surface area contributed by atoms with Crippen LogP contribution in [0.5, 0.6) is 11.5 Å². The fourth-order valence-corrected chi connectivity index (χ4v) is 6.02. The van der Waals surface area contributed by atoms with Crippen LogP contribution >= 0.6 is 11.3 Å². The molecule has 8 nitrogen and oxygen atoms in total. The van der Waals surface area contributed by atoms with E-state index in [2.05, 4.69) is 10.3 Å². The van der Waals surface area contributed by atoms with Gasteiger partial charge in [-0.05, 0) is 43.2 Å². The second kappa shape index (κ2) is 8.10. The van der Waals surface area contributed by atoms with Gasteiger partial charge in [-0.3, -0.25) is 4.79 Å². The molecule has 5 rings (SSSR count). The minimum atomic E-state index is -3.66. The van der Waals surface area contributed by atoms with Crippen LogP contribution in [0.15, 0.2) is 46.8 Å². The number of fused-ring (bicyclic) bond motifs is 2. The molecule has 0 saturated carbocycles. The van der Waals surface area contributed by atoms with E-state index in [0.717, 1.165) is 10.2 Å². The largest absolute Gasteiger partial charge is 0.486 e. The van der Waals surface area contributed by atoms with Gasteiger partial charge in [0.15, 0.2) is 11.5 Å². The third kappa shape index (κ3) is 3.98. The number of sulfonamides is 1. The fourth-order valence-electron chi connectivity index (χ4n) is 3.87. The van der Waals surface area contributed by atoms with Crippen LogP contribution in [0.2, 0.25) is 0 Å². The zero-order valence-corrected chi connectivity index (χ0v) is 18.2. The van der Waals surface area contributed by atoms with E-state index in [4.69, 9.17) is 9.47 Å². The van der Waals surface area contributed by atoms with E-state index in [1.54, 1.807) is 22.9 Å². The Bertz CT molecular complexity index is 1230. The van der Waals surface area contributed by atoms with E-state index in [0.29, 0.717) is 56.3 Å². The lowest BCUT2D eigenvalue weighted by Gasteiger charge is -2.30. The van der Waals surface area contributed by atoms with Crippen molar-refractivity contribution in [2.45, 2.75) is 17.7 Å². The van der Waals surface area contributed by atoms with Gasteiger partial charge in [-0.2, -0.15) is 4.31 Å². The number of rotatable bonds is 4. The second-order valence-corrected chi connectivity index (χ2v) is 10.3. The molecule has 3 aromatic rings. The number of hydrogen-bond acceptors (Lipinski definition) is 7. The highest BCUT2D eigenvalue weighted by atomic mass is 32.2. The molecule has 0 atom stereocenters. The predicted octanol–water partition coefficient (Wildman–Crippen LogP) is 3.11. The smallest absolute Gasteiger partial charge is 0.243 e. The lowest BCUT2D eigenvalue weighted by molar-refractivity contribution is -0.120. The van der Waals surface area contributed by atoms with Gasteiger partial charge in [-0.25, -0.2) is 13.4 Å². The summed E-state index contributed by atoms with van der Waals surface area (Å²) >= 11 is 1.55. The molecule has 0 radical (unpaired) electrons. The molecule has 0 bridgehead atoms. The van der Waals surface area contributed by atoms with E-state index < -0.39 is 10.0 Å². The number of anilines is 1. The number of aromatic nitrogens is 1. The molecule has 3 heterocycles. The Morgan fingerprint density at radius 3 is 2.65 bits per heavy atom. The SMILES string of the molecule is O=C(Nc1ccc2scnc2c1)C1CCN(S(=O)(=O)c2ccc3c(c2)OCCO3)CC1. The maximum absolute atomic E-state index is 13.1. The molecule has 1 aromatic heterocycles. The van der Waals surface area contributed by atoms with Crippen molar-refractivity contribution in [2.75, 3.05) is 31.6 Å². The third-order valence-corrected chi connectivity index (χ3v) is 8.28. The Morgan fingerprint density at radius 1 is 1.06 bits per heavy atom. The van der Waals surface area contributed by atoms with Crippen molar-refractivity contribution in [1.29, 1.82) is 0 Å². The zero-order valence-electron chi connectivity index (χ0n) is 16.6. The first-order chi connectivity index (χ1) is 15.0. The van der Waals surface area contributed by atoms with Crippen LogP contribution in [0, 0.1) is 5.92 Å². The Labute approximate surface area is 183 Å². The average Bonchev–Trinajstić information content (AvgIpc) is 3.27. The number of ether oxygens (including phenoxy) is 2. The van der Waals surface area contributed by atoms with Crippen LogP contribution in [0.3, 0.4) is 0 Å². The first-order valence-electron chi connectivity index (χ1n) is 10.0. The highest BCUT2D eigenvalue weighted by molar-refractivity contribution is 7.89. The van der Waals surface area contributed by atoms with Crippen LogP contribution in [0.1, 0.15) is 12.8 Å². The van der Waals surface area contributed by atoms with Gasteiger partial charge in [-0.15, -0.1) is 11.3 Å². The van der Waals surface area contributed by atoms with Gasteiger partial charge in [0.2, 0.25) is 15.9 Å². The van der Waals surface area contributed by atoms with Crippen molar-refractivity contribution in [3.8, 4) is 11.5 Å². The number of amides is 1. The molecule has 1 amide bonds. The van der Waals surface area contributed by atoms with Crippen LogP contribution in [0.4, 0.5) is 5.69 Å². The number of nitrogens with one attached hydrogen (secondary N) is 1. The quantitative estimate of drug-likeness (QED) is 0.644. The molecule has 162 valence electrons. The monoisotopic (exact) mass is 459 g/mol. The lowest BCUT2D eigenvalue weighted by atomic mass is 9.97. The molecule has 1 N–H and O–H groups in total. The lowest BCUT2D eigenvalue weighted by Crippen LogP contribution is -2.41. The summed E-state index contributed by atoms with van der Waals surface area (Å²) in [5.74, 6) is 0.666. The second-order valence-electron chi connectivity index (χ2n) is 7.51. The molecular formula is C21H21N3O5S2. The van der Waals surface area contributed by atoms with Crippen molar-refractivity contribution in [2.24, 2.45) is 5.92 Å². The van der Waals surface area contributed by atoms with Gasteiger partial charge in [0.05, 0.1) is 20.6 Å². The number of hydrogen-bond donors (Lipinski definition) is 1. The summed E-state index contributed by atoms with van der Waals surface area (Å²) < 4.78 is 39.6. The highest BCUT2D eigenvalue weighted by Gasteiger charge is 2.33.